The molecule has 6 aromatic rings. The molecule has 0 bridgehead atoms. The Morgan fingerprint density at radius 3 is 1.56 bits per heavy atom. The first-order valence-electron chi connectivity index (χ1n) is 19.0. The Bertz CT molecular complexity index is 4130. The number of rotatable bonds is 18. The van der Waals surface area contributed by atoms with Crippen molar-refractivity contribution in [3.8, 4) is 5.75 Å². The Labute approximate surface area is 414 Å². The molecule has 0 atom stereocenters. The van der Waals surface area contributed by atoms with Crippen LogP contribution in [0.1, 0.15) is 0 Å². The van der Waals surface area contributed by atoms with E-state index in [9.17, 15) is 82.2 Å². The van der Waals surface area contributed by atoms with Gasteiger partial charge in [0.05, 0.1) is 56.0 Å². The third-order valence-corrected chi connectivity index (χ3v) is 16.5. The average molecular weight is 1150 g/mol. The van der Waals surface area contributed by atoms with E-state index < -0.39 is 147 Å². The minimum absolute atomic E-state index is 0.0478. The summed E-state index contributed by atoms with van der Waals surface area (Å²) in [6, 6.07) is 14.3. The minimum atomic E-state index is -5.49. The lowest BCUT2D eigenvalue weighted by Gasteiger charge is -2.14. The summed E-state index contributed by atoms with van der Waals surface area (Å²) in [5.74, 6) is -2.29. The standard InChI is InChI=1S/C36H32N10O20S7/c37-24-16-25(38)28(70(54,55)56)17-27(24)43-40-20-5-7-22(8-6-20)69(52,53)46-21-3-1-19(2-4-21)41-44-34-30(72(60,61)62)13-18-14-31(73(63,64)65)35(36(47)32(18)33(34)39)45-42-26-10-9-23(15-29(26)71(57,58)59)68(50,51)12-11-66-67(48)49/h1-10,13-17,46-47,67H,11-12,37-39H2,(H,54,55,56)(H,57,58,59)(H,60,61,62)(H,63,64,65)/b43-40+,44-41+,45-42+. The highest BCUT2D eigenvalue weighted by atomic mass is 32.2. The lowest BCUT2D eigenvalue weighted by molar-refractivity contribution is 0.355. The van der Waals surface area contributed by atoms with Gasteiger partial charge in [0.1, 0.15) is 42.3 Å². The maximum absolute atomic E-state index is 13.2. The van der Waals surface area contributed by atoms with E-state index in [4.69, 9.17) is 17.2 Å². The van der Waals surface area contributed by atoms with Crippen molar-refractivity contribution >= 4 is 139 Å². The monoisotopic (exact) mass is 1150 g/mol. The molecule has 0 spiro atoms. The van der Waals surface area contributed by atoms with Gasteiger partial charge >= 0.3 is 0 Å². The molecule has 0 saturated carbocycles. The van der Waals surface area contributed by atoms with Crippen molar-refractivity contribution in [3.05, 3.63) is 91.0 Å². The fourth-order valence-corrected chi connectivity index (χ4v) is 11.4. The number of nitrogens with zero attached hydrogens (tertiary/aromatic N) is 6. The molecule has 37 heteroatoms. The van der Waals surface area contributed by atoms with Crippen LogP contribution in [0.4, 0.5) is 56.9 Å². The Kier molecular flexibility index (Phi) is 15.4. The van der Waals surface area contributed by atoms with Crippen LogP contribution < -0.4 is 21.9 Å². The molecule has 0 aliphatic carbocycles. The van der Waals surface area contributed by atoms with Crippen LogP contribution in [0.5, 0.6) is 5.75 Å². The summed E-state index contributed by atoms with van der Waals surface area (Å²) in [6.45, 7) is -0.875. The molecular formula is C36H32N10O20S7. The molecule has 0 aliphatic heterocycles. The average Bonchev–Trinajstić information content (AvgIpc) is 3.26. The molecule has 388 valence electrons. The molecular weight excluding hydrogens is 1120 g/mol. The molecule has 0 saturated heterocycles. The van der Waals surface area contributed by atoms with E-state index in [0.717, 1.165) is 30.3 Å². The highest BCUT2D eigenvalue weighted by Gasteiger charge is 2.29. The topological polar surface area (TPSA) is 514 Å². The predicted molar refractivity (Wildman–Crippen MR) is 256 cm³/mol. The molecule has 12 N–H and O–H groups in total. The van der Waals surface area contributed by atoms with E-state index in [1.54, 1.807) is 0 Å². The Morgan fingerprint density at radius 1 is 0.521 bits per heavy atom. The maximum Gasteiger partial charge on any atom is 0.296 e. The van der Waals surface area contributed by atoms with Crippen LogP contribution in [-0.2, 0) is 75.5 Å². The highest BCUT2D eigenvalue weighted by molar-refractivity contribution is 7.92. The van der Waals surface area contributed by atoms with E-state index in [1.165, 1.54) is 36.4 Å². The van der Waals surface area contributed by atoms with Crippen LogP contribution >= 0.6 is 0 Å². The number of nitrogens with one attached hydrogen (secondary N) is 1. The third kappa shape index (κ3) is 12.9. The summed E-state index contributed by atoms with van der Waals surface area (Å²) in [4.78, 5) is -5.45. The zero-order valence-electron chi connectivity index (χ0n) is 35.7. The van der Waals surface area contributed by atoms with Crippen molar-refractivity contribution in [2.75, 3.05) is 34.3 Å². The molecule has 73 heavy (non-hydrogen) atoms. The summed E-state index contributed by atoms with van der Waals surface area (Å²) in [7, 11) is -33.2. The van der Waals surface area contributed by atoms with Crippen LogP contribution in [0.15, 0.2) is 151 Å². The summed E-state index contributed by atoms with van der Waals surface area (Å²) in [5, 5.41) is 32.5. The third-order valence-electron chi connectivity index (χ3n) is 9.49. The number of nitrogen functional groups attached to an aromatic ring is 3. The van der Waals surface area contributed by atoms with Gasteiger partial charge in [0.2, 0.25) is 0 Å². The van der Waals surface area contributed by atoms with E-state index in [0.29, 0.717) is 24.3 Å². The van der Waals surface area contributed by atoms with Gasteiger partial charge in [-0.15, -0.1) is 20.5 Å². The number of benzene rings is 6. The van der Waals surface area contributed by atoms with Gasteiger partial charge in [-0.05, 0) is 96.4 Å². The number of aromatic hydroxyl groups is 1. The van der Waals surface area contributed by atoms with Crippen molar-refractivity contribution in [2.24, 2.45) is 30.7 Å². The van der Waals surface area contributed by atoms with Gasteiger partial charge in [-0.1, -0.05) is 0 Å². The molecule has 6 rings (SSSR count). The summed E-state index contributed by atoms with van der Waals surface area (Å²) < 4.78 is 217. The number of fused-ring (bicyclic) bond motifs is 1. The van der Waals surface area contributed by atoms with E-state index >= 15 is 0 Å². The number of anilines is 4. The SMILES string of the molecule is Nc1cc(N)c(S(=O)(=O)O)cc1/N=N/c1ccc(S(=O)(=O)Nc2ccc(/N=N/c3c(S(=O)(=O)O)cc4cc(S(=O)(=O)O)c(/N=N/c5ccc(S(=O)(=O)CCO[SH](=O)=O)cc5S(=O)(=O)O)c(O)c4c3N)cc2)cc1. The van der Waals surface area contributed by atoms with Crippen LogP contribution in [0.2, 0.25) is 0 Å². The summed E-state index contributed by atoms with van der Waals surface area (Å²) >= 11 is 0. The summed E-state index contributed by atoms with van der Waals surface area (Å²) in [5.41, 5.74) is 13.1. The number of phenolic OH excluding ortho intramolecular Hbond substituents is 1. The van der Waals surface area contributed by atoms with Crippen LogP contribution in [-0.4, -0.2) is 94.6 Å². The van der Waals surface area contributed by atoms with Gasteiger partial charge in [-0.3, -0.25) is 27.1 Å². The van der Waals surface area contributed by atoms with E-state index in [-0.39, 0.29) is 39.0 Å². The Balaban J connectivity index is 1.31. The van der Waals surface area contributed by atoms with E-state index in [2.05, 4.69) is 39.6 Å². The second-order valence-electron chi connectivity index (χ2n) is 14.4. The van der Waals surface area contributed by atoms with Gasteiger partial charge in [-0.2, -0.15) is 43.9 Å². The number of azo groups is 3. The van der Waals surface area contributed by atoms with Crippen LogP contribution in [0.3, 0.4) is 0 Å². The Hall–Kier alpha value is -7.17. The number of hydrogen-bond acceptors (Lipinski definition) is 25. The number of hydrogen-bond donors (Lipinski definition) is 10. The second kappa shape index (κ2) is 20.4. The minimum Gasteiger partial charge on any atom is -0.505 e. The first-order chi connectivity index (χ1) is 33.7. The molecule has 0 fully saturated rings. The molecule has 0 unspecified atom stereocenters. The fourth-order valence-electron chi connectivity index (χ4n) is 6.16. The van der Waals surface area contributed by atoms with Crippen molar-refractivity contribution in [1.82, 2.24) is 0 Å². The smallest absolute Gasteiger partial charge is 0.296 e. The number of sulfonamides is 1. The molecule has 6 aromatic carbocycles. The first-order valence-corrected chi connectivity index (χ1v) is 29.0. The van der Waals surface area contributed by atoms with Crippen molar-refractivity contribution < 1.29 is 86.4 Å². The fraction of sp³-hybridized carbons (Fsp3) is 0.0556. The first kappa shape index (κ1) is 55.1. The molecule has 0 aliphatic rings. The van der Waals surface area contributed by atoms with Gasteiger partial charge in [0.15, 0.2) is 15.6 Å². The molecule has 0 radical (unpaired) electrons. The number of nitrogens with two attached hydrogens (primary N) is 3. The molecule has 0 amide bonds. The maximum atomic E-state index is 13.2. The predicted octanol–water partition coefficient (Wildman–Crippen LogP) is 4.64. The highest BCUT2D eigenvalue weighted by Crippen LogP contribution is 2.48. The Morgan fingerprint density at radius 2 is 1.01 bits per heavy atom. The molecule has 30 nitrogen and oxygen atoms in total. The van der Waals surface area contributed by atoms with Crippen molar-refractivity contribution in [1.29, 1.82) is 0 Å². The van der Waals surface area contributed by atoms with Crippen LogP contribution in [0, 0.1) is 0 Å². The largest absolute Gasteiger partial charge is 0.505 e. The lowest BCUT2D eigenvalue weighted by Crippen LogP contribution is -2.13. The number of thiol groups is 1. The van der Waals surface area contributed by atoms with Gasteiger partial charge in [-0.25, -0.2) is 25.3 Å². The van der Waals surface area contributed by atoms with Crippen LogP contribution in [0.25, 0.3) is 10.8 Å². The second-order valence-corrected chi connectivity index (χ2v) is 24.5. The van der Waals surface area contributed by atoms with Crippen molar-refractivity contribution in [3.63, 3.8) is 0 Å². The van der Waals surface area contributed by atoms with Gasteiger partial charge in [0.25, 0.3) is 61.5 Å². The normalized spacial score (nSPS) is 13.2. The lowest BCUT2D eigenvalue weighted by atomic mass is 10.1. The molecule has 0 heterocycles. The van der Waals surface area contributed by atoms with E-state index in [1.807, 2.05) is 0 Å². The van der Waals surface area contributed by atoms with Crippen molar-refractivity contribution in [2.45, 2.75) is 29.4 Å². The zero-order chi connectivity index (χ0) is 54.2. The summed E-state index contributed by atoms with van der Waals surface area (Å²) in [6.07, 6.45) is 0. The quantitative estimate of drug-likeness (QED) is 0.0242. The van der Waals surface area contributed by atoms with Gasteiger partial charge in [0, 0.05) is 5.69 Å². The number of sulfone groups is 1. The number of phenols is 1. The zero-order valence-corrected chi connectivity index (χ0v) is 41.5. The van der Waals surface area contributed by atoms with Gasteiger partial charge < -0.3 is 22.3 Å². The molecule has 0 aromatic heterocycles.